The molecule has 1 aromatic carbocycles. The largest absolute Gasteiger partial charge is 0.364 e. The normalized spacial score (nSPS) is 15.4. The van der Waals surface area contributed by atoms with E-state index in [-0.39, 0.29) is 5.91 Å². The molecule has 0 saturated heterocycles. The zero-order valence-corrected chi connectivity index (χ0v) is 14.1. The Morgan fingerprint density at radius 1 is 1.25 bits per heavy atom. The second kappa shape index (κ2) is 8.06. The van der Waals surface area contributed by atoms with Crippen molar-refractivity contribution in [1.29, 1.82) is 0 Å². The molecule has 24 heavy (non-hydrogen) atoms. The van der Waals surface area contributed by atoms with Crippen LogP contribution in [0.5, 0.6) is 0 Å². The fourth-order valence-electron chi connectivity index (χ4n) is 2.86. The molecule has 6 nitrogen and oxygen atoms in total. The van der Waals surface area contributed by atoms with Crippen LogP contribution in [-0.2, 0) is 35.6 Å². The van der Waals surface area contributed by atoms with E-state index >= 15 is 0 Å². The van der Waals surface area contributed by atoms with Gasteiger partial charge in [0, 0.05) is 13.0 Å². The molecular formula is C18H24N4O2. The third kappa shape index (κ3) is 4.20. The molecule has 1 aliphatic rings. The van der Waals surface area contributed by atoms with Crippen molar-refractivity contribution in [3.8, 4) is 0 Å². The number of carbonyl (C=O) groups is 1. The standard InChI is InChI=1S/C18H24N4O2/c1-14(24-13-15-8-4-2-5-9-15)18(23)19-12-17-21-20-16-10-6-3-7-11-22(16)17/h2,4-5,8-9,14H,3,6-7,10-13H2,1H3,(H,19,23). The van der Waals surface area contributed by atoms with Crippen molar-refractivity contribution < 1.29 is 9.53 Å². The second-order valence-electron chi connectivity index (χ2n) is 6.15. The summed E-state index contributed by atoms with van der Waals surface area (Å²) in [5.74, 6) is 1.73. The minimum atomic E-state index is -0.503. The molecule has 1 unspecified atom stereocenters. The first kappa shape index (κ1) is 16.6. The van der Waals surface area contributed by atoms with Gasteiger partial charge in [-0.1, -0.05) is 36.8 Å². The number of amides is 1. The first-order chi connectivity index (χ1) is 11.7. The number of nitrogens with one attached hydrogen (secondary N) is 1. The zero-order chi connectivity index (χ0) is 16.8. The van der Waals surface area contributed by atoms with Crippen molar-refractivity contribution in [2.45, 2.75) is 58.4 Å². The van der Waals surface area contributed by atoms with E-state index in [9.17, 15) is 4.79 Å². The summed E-state index contributed by atoms with van der Waals surface area (Å²) in [7, 11) is 0. The van der Waals surface area contributed by atoms with Gasteiger partial charge in [0.25, 0.3) is 0 Å². The highest BCUT2D eigenvalue weighted by Gasteiger charge is 2.17. The van der Waals surface area contributed by atoms with E-state index in [0.29, 0.717) is 13.2 Å². The van der Waals surface area contributed by atoms with Crippen LogP contribution in [-0.4, -0.2) is 26.8 Å². The summed E-state index contributed by atoms with van der Waals surface area (Å²) in [6, 6.07) is 9.84. The third-order valence-electron chi connectivity index (χ3n) is 4.32. The summed E-state index contributed by atoms with van der Waals surface area (Å²) < 4.78 is 7.78. The first-order valence-corrected chi connectivity index (χ1v) is 8.58. The van der Waals surface area contributed by atoms with Gasteiger partial charge >= 0.3 is 0 Å². The highest BCUT2D eigenvalue weighted by molar-refractivity contribution is 5.80. The Labute approximate surface area is 142 Å². The van der Waals surface area contributed by atoms with Crippen molar-refractivity contribution in [3.05, 3.63) is 47.5 Å². The molecule has 1 N–H and O–H groups in total. The van der Waals surface area contributed by atoms with Crippen LogP contribution in [0.25, 0.3) is 0 Å². The van der Waals surface area contributed by atoms with E-state index in [4.69, 9.17) is 4.74 Å². The van der Waals surface area contributed by atoms with E-state index in [0.717, 1.165) is 43.0 Å². The molecular weight excluding hydrogens is 304 g/mol. The van der Waals surface area contributed by atoms with Gasteiger partial charge in [0.15, 0.2) is 5.82 Å². The van der Waals surface area contributed by atoms with Gasteiger partial charge in [-0.05, 0) is 25.3 Å². The van der Waals surface area contributed by atoms with Gasteiger partial charge in [0.05, 0.1) is 13.2 Å². The van der Waals surface area contributed by atoms with Crippen LogP contribution in [0.1, 0.15) is 43.4 Å². The van der Waals surface area contributed by atoms with Crippen molar-refractivity contribution in [1.82, 2.24) is 20.1 Å². The molecule has 2 heterocycles. The summed E-state index contributed by atoms with van der Waals surface area (Å²) in [5, 5.41) is 11.4. The highest BCUT2D eigenvalue weighted by Crippen LogP contribution is 2.14. The van der Waals surface area contributed by atoms with Crippen molar-refractivity contribution in [2.75, 3.05) is 0 Å². The van der Waals surface area contributed by atoms with Crippen LogP contribution in [0.2, 0.25) is 0 Å². The third-order valence-corrected chi connectivity index (χ3v) is 4.32. The fraction of sp³-hybridized carbons (Fsp3) is 0.500. The number of carbonyl (C=O) groups excluding carboxylic acids is 1. The maximum Gasteiger partial charge on any atom is 0.249 e. The summed E-state index contributed by atoms with van der Waals surface area (Å²) in [4.78, 5) is 12.2. The molecule has 0 aliphatic carbocycles. The lowest BCUT2D eigenvalue weighted by Gasteiger charge is -2.14. The molecule has 1 atom stereocenters. The second-order valence-corrected chi connectivity index (χ2v) is 6.15. The maximum atomic E-state index is 12.2. The van der Waals surface area contributed by atoms with Gasteiger partial charge in [-0.25, -0.2) is 0 Å². The summed E-state index contributed by atoms with van der Waals surface area (Å²) >= 11 is 0. The molecule has 0 spiro atoms. The van der Waals surface area contributed by atoms with Gasteiger partial charge in [-0.2, -0.15) is 0 Å². The number of hydrogen-bond donors (Lipinski definition) is 1. The lowest BCUT2D eigenvalue weighted by atomic mass is 10.2. The number of aromatic nitrogens is 3. The van der Waals surface area contributed by atoms with Gasteiger partial charge in [-0.15, -0.1) is 10.2 Å². The smallest absolute Gasteiger partial charge is 0.249 e. The zero-order valence-electron chi connectivity index (χ0n) is 14.1. The average Bonchev–Trinajstić information content (AvgIpc) is 2.84. The number of aryl methyl sites for hydroxylation is 1. The van der Waals surface area contributed by atoms with Crippen LogP contribution in [0.15, 0.2) is 30.3 Å². The highest BCUT2D eigenvalue weighted by atomic mass is 16.5. The molecule has 2 aromatic rings. The fourth-order valence-corrected chi connectivity index (χ4v) is 2.86. The lowest BCUT2D eigenvalue weighted by molar-refractivity contribution is -0.132. The molecule has 128 valence electrons. The number of hydrogen-bond acceptors (Lipinski definition) is 4. The number of benzene rings is 1. The molecule has 1 amide bonds. The summed E-state index contributed by atoms with van der Waals surface area (Å²) in [5.41, 5.74) is 1.06. The average molecular weight is 328 g/mol. The summed E-state index contributed by atoms with van der Waals surface area (Å²) in [6.45, 7) is 3.52. The Kier molecular flexibility index (Phi) is 5.59. The molecule has 1 aliphatic heterocycles. The molecule has 0 saturated carbocycles. The molecule has 1 aromatic heterocycles. The Hall–Kier alpha value is -2.21. The number of ether oxygens (including phenoxy) is 1. The number of fused-ring (bicyclic) bond motifs is 1. The minimum absolute atomic E-state index is 0.128. The Balaban J connectivity index is 1.49. The number of rotatable bonds is 6. The maximum absolute atomic E-state index is 12.2. The SMILES string of the molecule is CC(OCc1ccccc1)C(=O)NCc1nnc2n1CCCCC2. The van der Waals surface area contributed by atoms with E-state index in [1.807, 2.05) is 30.3 Å². The predicted octanol–water partition coefficient (Wildman–Crippen LogP) is 2.23. The van der Waals surface area contributed by atoms with E-state index in [1.165, 1.54) is 6.42 Å². The quantitative estimate of drug-likeness (QED) is 0.883. The first-order valence-electron chi connectivity index (χ1n) is 8.58. The van der Waals surface area contributed by atoms with Gasteiger partial charge in [-0.3, -0.25) is 4.79 Å². The summed E-state index contributed by atoms with van der Waals surface area (Å²) in [6.07, 6.45) is 3.99. The van der Waals surface area contributed by atoms with Crippen LogP contribution in [0.4, 0.5) is 0 Å². The van der Waals surface area contributed by atoms with Crippen LogP contribution >= 0.6 is 0 Å². The van der Waals surface area contributed by atoms with Crippen molar-refractivity contribution in [2.24, 2.45) is 0 Å². The van der Waals surface area contributed by atoms with Crippen molar-refractivity contribution >= 4 is 5.91 Å². The Bertz CT molecular complexity index is 669. The monoisotopic (exact) mass is 328 g/mol. The minimum Gasteiger partial charge on any atom is -0.364 e. The van der Waals surface area contributed by atoms with E-state index in [2.05, 4.69) is 20.1 Å². The molecule has 6 heteroatoms. The van der Waals surface area contributed by atoms with Crippen molar-refractivity contribution in [3.63, 3.8) is 0 Å². The van der Waals surface area contributed by atoms with Crippen LogP contribution < -0.4 is 5.32 Å². The van der Waals surface area contributed by atoms with Gasteiger partial charge in [0.1, 0.15) is 11.9 Å². The molecule has 3 rings (SSSR count). The van der Waals surface area contributed by atoms with Crippen LogP contribution in [0.3, 0.4) is 0 Å². The van der Waals surface area contributed by atoms with E-state index in [1.54, 1.807) is 6.92 Å². The van der Waals surface area contributed by atoms with Gasteiger partial charge < -0.3 is 14.6 Å². The number of nitrogens with zero attached hydrogens (tertiary/aromatic N) is 3. The molecule has 0 radical (unpaired) electrons. The Morgan fingerprint density at radius 3 is 2.92 bits per heavy atom. The van der Waals surface area contributed by atoms with Crippen LogP contribution in [0, 0.1) is 0 Å². The molecule has 0 bridgehead atoms. The lowest BCUT2D eigenvalue weighted by Crippen LogP contribution is -2.34. The van der Waals surface area contributed by atoms with E-state index < -0.39 is 6.10 Å². The Morgan fingerprint density at radius 2 is 2.08 bits per heavy atom. The molecule has 0 fully saturated rings. The predicted molar refractivity (Wildman–Crippen MR) is 90.1 cm³/mol. The topological polar surface area (TPSA) is 69.0 Å². The van der Waals surface area contributed by atoms with Gasteiger partial charge in [0.2, 0.25) is 5.91 Å².